The number of rotatable bonds is 4. The minimum absolute atomic E-state index is 0.193. The van der Waals surface area contributed by atoms with Gasteiger partial charge in [-0.3, -0.25) is 19.7 Å². The largest absolute Gasteiger partial charge is 0.326 e. The van der Waals surface area contributed by atoms with Gasteiger partial charge in [0, 0.05) is 50.0 Å². The van der Waals surface area contributed by atoms with E-state index < -0.39 is 30.0 Å². The second-order valence-corrected chi connectivity index (χ2v) is 7.76. The zero-order valence-electron chi connectivity index (χ0n) is 15.2. The van der Waals surface area contributed by atoms with Crippen molar-refractivity contribution in [2.75, 3.05) is 0 Å². The third-order valence-electron chi connectivity index (χ3n) is 5.80. The number of amides is 3. The van der Waals surface area contributed by atoms with Crippen molar-refractivity contribution in [2.45, 2.75) is 62.8 Å². The summed E-state index contributed by atoms with van der Waals surface area (Å²) in [4.78, 5) is 37.8. The molecule has 2 aliphatic heterocycles. The van der Waals surface area contributed by atoms with Crippen LogP contribution in [-0.2, 0) is 22.7 Å². The average Bonchev–Trinajstić information content (AvgIpc) is 3.09. The Morgan fingerprint density at radius 1 is 1.25 bits per heavy atom. The van der Waals surface area contributed by atoms with Gasteiger partial charge < -0.3 is 16.0 Å². The van der Waals surface area contributed by atoms with Crippen LogP contribution in [0, 0.1) is 0 Å². The Morgan fingerprint density at radius 3 is 2.71 bits per heavy atom. The third kappa shape index (κ3) is 3.40. The highest BCUT2D eigenvalue weighted by Crippen LogP contribution is 2.35. The Hall–Kier alpha value is -2.39. The van der Waals surface area contributed by atoms with E-state index in [4.69, 9.17) is 5.73 Å². The van der Waals surface area contributed by atoms with E-state index in [2.05, 4.69) is 10.6 Å². The first kappa shape index (κ1) is 18.9. The van der Waals surface area contributed by atoms with Gasteiger partial charge in [-0.05, 0) is 23.6 Å². The number of benzene rings is 1. The zero-order valence-corrected chi connectivity index (χ0v) is 15.2. The molecule has 0 bridgehead atoms. The number of carbonyl (C=O) groups is 3. The molecule has 7 nitrogen and oxygen atoms in total. The normalized spacial score (nSPS) is 29.2. The Labute approximate surface area is 160 Å². The fourth-order valence-corrected chi connectivity index (χ4v) is 4.32. The van der Waals surface area contributed by atoms with Crippen molar-refractivity contribution in [2.24, 2.45) is 5.73 Å². The highest BCUT2D eigenvalue weighted by molar-refractivity contribution is 6.05. The molecule has 4 rings (SSSR count). The topological polar surface area (TPSA) is 105 Å². The maximum Gasteiger partial charge on any atom is 0.255 e. The summed E-state index contributed by atoms with van der Waals surface area (Å²) >= 11 is 0. The van der Waals surface area contributed by atoms with Crippen molar-refractivity contribution in [1.82, 2.24) is 15.5 Å². The lowest BCUT2D eigenvalue weighted by atomic mass is 10.0. The van der Waals surface area contributed by atoms with Crippen molar-refractivity contribution >= 4 is 17.7 Å². The first-order chi connectivity index (χ1) is 13.2. The number of nitrogens with zero attached hydrogens (tertiary/aromatic N) is 1. The molecule has 150 valence electrons. The van der Waals surface area contributed by atoms with Gasteiger partial charge in [0.05, 0.1) is 0 Å². The molecular weight excluding hydrogens is 370 g/mol. The summed E-state index contributed by atoms with van der Waals surface area (Å²) in [5, 5.41) is 5.37. The molecule has 1 aliphatic carbocycles. The minimum Gasteiger partial charge on any atom is -0.326 e. The summed E-state index contributed by atoms with van der Waals surface area (Å²) in [7, 11) is 0. The molecule has 2 heterocycles. The number of alkyl halides is 2. The van der Waals surface area contributed by atoms with Crippen molar-refractivity contribution in [3.8, 4) is 0 Å². The molecule has 28 heavy (non-hydrogen) atoms. The molecule has 9 heteroatoms. The van der Waals surface area contributed by atoms with Gasteiger partial charge in [-0.2, -0.15) is 0 Å². The third-order valence-corrected chi connectivity index (χ3v) is 5.80. The van der Waals surface area contributed by atoms with Crippen molar-refractivity contribution in [3.05, 3.63) is 34.9 Å². The molecule has 3 amide bonds. The van der Waals surface area contributed by atoms with Crippen LogP contribution < -0.4 is 16.4 Å². The van der Waals surface area contributed by atoms with Crippen LogP contribution in [0.2, 0.25) is 0 Å². The monoisotopic (exact) mass is 392 g/mol. The summed E-state index contributed by atoms with van der Waals surface area (Å²) in [5.74, 6) is -3.81. The van der Waals surface area contributed by atoms with Crippen LogP contribution >= 0.6 is 0 Å². The second kappa shape index (κ2) is 6.89. The van der Waals surface area contributed by atoms with E-state index in [0.717, 1.165) is 11.1 Å². The van der Waals surface area contributed by atoms with E-state index in [9.17, 15) is 23.2 Å². The Morgan fingerprint density at radius 2 is 2.04 bits per heavy atom. The molecule has 1 aromatic rings. The summed E-state index contributed by atoms with van der Waals surface area (Å²) in [5.41, 5.74) is 7.93. The maximum atomic E-state index is 13.5. The maximum absolute atomic E-state index is 13.5. The predicted octanol–water partition coefficient (Wildman–Crippen LogP) is 0.662. The van der Waals surface area contributed by atoms with Crippen molar-refractivity contribution in [3.63, 3.8) is 0 Å². The molecular formula is C19H22F2N4O3. The average molecular weight is 392 g/mol. The molecule has 4 N–H and O–H groups in total. The van der Waals surface area contributed by atoms with E-state index in [1.807, 2.05) is 6.07 Å². The molecule has 2 fully saturated rings. The lowest BCUT2D eigenvalue weighted by Crippen LogP contribution is -2.52. The van der Waals surface area contributed by atoms with Crippen molar-refractivity contribution in [1.29, 1.82) is 0 Å². The second-order valence-electron chi connectivity index (χ2n) is 7.76. The van der Waals surface area contributed by atoms with E-state index in [-0.39, 0.29) is 37.6 Å². The van der Waals surface area contributed by atoms with Gasteiger partial charge in [-0.1, -0.05) is 12.1 Å². The quantitative estimate of drug-likeness (QED) is 0.653. The zero-order chi connectivity index (χ0) is 20.1. The summed E-state index contributed by atoms with van der Waals surface area (Å²) in [6.45, 7) is 0.569. The molecule has 0 spiro atoms. The summed E-state index contributed by atoms with van der Waals surface area (Å²) in [6.07, 6.45) is -0.146. The molecule has 1 unspecified atom stereocenters. The number of fused-ring (bicyclic) bond motifs is 1. The van der Waals surface area contributed by atoms with Crippen LogP contribution in [0.3, 0.4) is 0 Å². The SMILES string of the molecule is N[C@@H]1CC(F)(F)C[C@H]1NCc1cccc2c1CN(C1CCC(=O)NC1=O)C2=O. The Bertz CT molecular complexity index is 844. The number of nitrogens with two attached hydrogens (primary N) is 1. The predicted molar refractivity (Wildman–Crippen MR) is 95.3 cm³/mol. The highest BCUT2D eigenvalue weighted by Gasteiger charge is 2.45. The molecule has 3 atom stereocenters. The fourth-order valence-electron chi connectivity index (χ4n) is 4.32. The Kier molecular flexibility index (Phi) is 4.67. The van der Waals surface area contributed by atoms with Crippen LogP contribution in [0.15, 0.2) is 18.2 Å². The fraction of sp³-hybridized carbons (Fsp3) is 0.526. The first-order valence-electron chi connectivity index (χ1n) is 9.37. The number of piperidine rings is 1. The summed E-state index contributed by atoms with van der Waals surface area (Å²) < 4.78 is 27.1. The number of halogens is 2. The van der Waals surface area contributed by atoms with Gasteiger partial charge in [-0.15, -0.1) is 0 Å². The van der Waals surface area contributed by atoms with E-state index in [0.29, 0.717) is 18.5 Å². The van der Waals surface area contributed by atoms with Gasteiger partial charge >= 0.3 is 0 Å². The van der Waals surface area contributed by atoms with Crippen LogP contribution in [0.4, 0.5) is 8.78 Å². The Balaban J connectivity index is 1.49. The number of hydrogen-bond acceptors (Lipinski definition) is 5. The van der Waals surface area contributed by atoms with Crippen LogP contribution in [0.1, 0.15) is 47.2 Å². The van der Waals surface area contributed by atoms with Crippen LogP contribution in [0.5, 0.6) is 0 Å². The standard InChI is InChI=1S/C19H22F2N4O3/c20-19(21)6-13(22)14(7-19)23-8-10-2-1-3-11-12(10)9-25(18(11)28)15-4-5-16(26)24-17(15)27/h1-3,13-15,23H,4-9,22H2,(H,24,26,27)/t13-,14-,15?/m1/s1. The van der Waals surface area contributed by atoms with E-state index in [1.54, 1.807) is 12.1 Å². The van der Waals surface area contributed by atoms with Crippen LogP contribution in [-0.4, -0.2) is 46.7 Å². The number of nitrogens with one attached hydrogen (secondary N) is 2. The summed E-state index contributed by atoms with van der Waals surface area (Å²) in [6, 6.07) is 3.49. The lowest BCUT2D eigenvalue weighted by Gasteiger charge is -2.29. The first-order valence-corrected chi connectivity index (χ1v) is 9.37. The minimum atomic E-state index is -2.76. The highest BCUT2D eigenvalue weighted by atomic mass is 19.3. The van der Waals surface area contributed by atoms with E-state index in [1.165, 1.54) is 4.90 Å². The smallest absolute Gasteiger partial charge is 0.255 e. The van der Waals surface area contributed by atoms with E-state index >= 15 is 0 Å². The van der Waals surface area contributed by atoms with Crippen molar-refractivity contribution < 1.29 is 23.2 Å². The van der Waals surface area contributed by atoms with Gasteiger partial charge in [0.1, 0.15) is 6.04 Å². The molecule has 1 saturated carbocycles. The number of hydrogen-bond donors (Lipinski definition) is 3. The number of carbonyl (C=O) groups excluding carboxylic acids is 3. The van der Waals surface area contributed by atoms with Gasteiger partial charge in [-0.25, -0.2) is 8.78 Å². The molecule has 0 aromatic heterocycles. The number of imide groups is 1. The lowest BCUT2D eigenvalue weighted by molar-refractivity contribution is -0.136. The van der Waals surface area contributed by atoms with Gasteiger partial charge in [0.15, 0.2) is 0 Å². The molecule has 1 saturated heterocycles. The van der Waals surface area contributed by atoms with Crippen LogP contribution in [0.25, 0.3) is 0 Å². The van der Waals surface area contributed by atoms with Gasteiger partial charge in [0.25, 0.3) is 11.8 Å². The molecule has 0 radical (unpaired) electrons. The van der Waals surface area contributed by atoms with Gasteiger partial charge in [0.2, 0.25) is 11.8 Å². The molecule has 3 aliphatic rings. The molecule has 1 aromatic carbocycles.